The molecule has 3 rings (SSSR count). The van der Waals surface area contributed by atoms with Crippen molar-refractivity contribution in [3.8, 4) is 5.75 Å². The molecular weight excluding hydrogens is 385 g/mol. The fourth-order valence-electron chi connectivity index (χ4n) is 2.69. The molecule has 138 valence electrons. The third-order valence-electron chi connectivity index (χ3n) is 4.09. The van der Waals surface area contributed by atoms with Crippen molar-refractivity contribution in [3.63, 3.8) is 0 Å². The van der Waals surface area contributed by atoms with Crippen LogP contribution in [0.1, 0.15) is 27.6 Å². The fourth-order valence-corrected chi connectivity index (χ4v) is 3.13. The van der Waals surface area contributed by atoms with E-state index in [-0.39, 0.29) is 5.91 Å². The van der Waals surface area contributed by atoms with Crippen LogP contribution in [0.3, 0.4) is 0 Å². The van der Waals surface area contributed by atoms with Crippen LogP contribution in [-0.4, -0.2) is 18.1 Å². The zero-order valence-electron chi connectivity index (χ0n) is 14.4. The Labute approximate surface area is 167 Å². The van der Waals surface area contributed by atoms with Crippen LogP contribution in [0.4, 0.5) is 5.69 Å². The predicted octanol–water partition coefficient (Wildman–Crippen LogP) is 5.34. The number of halogens is 2. The van der Waals surface area contributed by atoms with Gasteiger partial charge in [-0.05, 0) is 42.0 Å². The first-order valence-electron chi connectivity index (χ1n) is 8.17. The van der Waals surface area contributed by atoms with Crippen LogP contribution in [0.15, 0.2) is 66.7 Å². The molecule has 0 bridgehead atoms. The minimum Gasteiger partial charge on any atom is -0.495 e. The van der Waals surface area contributed by atoms with Gasteiger partial charge in [-0.2, -0.15) is 0 Å². The lowest BCUT2D eigenvalue weighted by atomic mass is 9.99. The van der Waals surface area contributed by atoms with Gasteiger partial charge in [0.05, 0.1) is 12.1 Å². The number of rotatable bonds is 5. The average Bonchev–Trinajstić information content (AvgIpc) is 2.69. The topological polar surface area (TPSA) is 58.6 Å². The van der Waals surface area contributed by atoms with E-state index in [0.717, 1.165) is 0 Å². The number of hydrogen-bond donors (Lipinski definition) is 2. The SMILES string of the molecule is COc1ccc(C(=O)Nc2ccc(Cl)cc2[C@@H](O)c2ccccc2)cc1Cl. The molecule has 4 nitrogen and oxygen atoms in total. The Morgan fingerprint density at radius 2 is 1.78 bits per heavy atom. The molecule has 3 aromatic rings. The van der Waals surface area contributed by atoms with E-state index in [4.69, 9.17) is 27.9 Å². The molecule has 0 aliphatic heterocycles. The Morgan fingerprint density at radius 3 is 2.44 bits per heavy atom. The lowest BCUT2D eigenvalue weighted by Crippen LogP contribution is -2.15. The molecule has 0 spiro atoms. The van der Waals surface area contributed by atoms with Crippen LogP contribution < -0.4 is 10.1 Å². The molecule has 0 unspecified atom stereocenters. The Bertz CT molecular complexity index is 961. The minimum atomic E-state index is -0.931. The lowest BCUT2D eigenvalue weighted by Gasteiger charge is -2.17. The minimum absolute atomic E-state index is 0.339. The second-order valence-electron chi connectivity index (χ2n) is 5.85. The summed E-state index contributed by atoms with van der Waals surface area (Å²) in [6.07, 6.45) is -0.931. The summed E-state index contributed by atoms with van der Waals surface area (Å²) in [7, 11) is 1.51. The van der Waals surface area contributed by atoms with E-state index in [1.54, 1.807) is 42.5 Å². The Balaban J connectivity index is 1.91. The summed E-state index contributed by atoms with van der Waals surface area (Å²) in [4.78, 5) is 12.6. The Kier molecular flexibility index (Phi) is 6.01. The van der Waals surface area contributed by atoms with Crippen molar-refractivity contribution < 1.29 is 14.6 Å². The molecule has 3 aromatic carbocycles. The van der Waals surface area contributed by atoms with Crippen molar-refractivity contribution in [1.82, 2.24) is 0 Å². The van der Waals surface area contributed by atoms with Crippen molar-refractivity contribution in [2.45, 2.75) is 6.10 Å². The van der Waals surface area contributed by atoms with Gasteiger partial charge in [-0.25, -0.2) is 0 Å². The average molecular weight is 402 g/mol. The van der Waals surface area contributed by atoms with Crippen LogP contribution >= 0.6 is 23.2 Å². The highest BCUT2D eigenvalue weighted by Gasteiger charge is 2.18. The molecule has 0 saturated carbocycles. The molecule has 0 fully saturated rings. The van der Waals surface area contributed by atoms with Gasteiger partial charge >= 0.3 is 0 Å². The zero-order valence-corrected chi connectivity index (χ0v) is 16.0. The Morgan fingerprint density at radius 1 is 1.04 bits per heavy atom. The van der Waals surface area contributed by atoms with Crippen molar-refractivity contribution in [1.29, 1.82) is 0 Å². The van der Waals surface area contributed by atoms with Crippen LogP contribution in [0, 0.1) is 0 Å². The van der Waals surface area contributed by atoms with Gasteiger partial charge in [0.25, 0.3) is 5.91 Å². The van der Waals surface area contributed by atoms with E-state index >= 15 is 0 Å². The molecule has 2 N–H and O–H groups in total. The summed E-state index contributed by atoms with van der Waals surface area (Å²) in [5, 5.41) is 14.4. The number of ether oxygens (including phenoxy) is 1. The predicted molar refractivity (Wildman–Crippen MR) is 108 cm³/mol. The molecule has 0 aromatic heterocycles. The van der Waals surface area contributed by atoms with Gasteiger partial charge in [0.15, 0.2) is 0 Å². The highest BCUT2D eigenvalue weighted by atomic mass is 35.5. The van der Waals surface area contributed by atoms with E-state index in [2.05, 4.69) is 5.32 Å². The monoisotopic (exact) mass is 401 g/mol. The maximum atomic E-state index is 12.6. The highest BCUT2D eigenvalue weighted by Crippen LogP contribution is 2.31. The summed E-state index contributed by atoms with van der Waals surface area (Å²) in [6, 6.07) is 18.9. The summed E-state index contributed by atoms with van der Waals surface area (Å²) in [6.45, 7) is 0. The zero-order chi connectivity index (χ0) is 19.4. The van der Waals surface area contributed by atoms with Gasteiger partial charge in [-0.15, -0.1) is 0 Å². The molecule has 1 amide bonds. The third kappa shape index (κ3) is 4.42. The number of carbonyl (C=O) groups is 1. The molecular formula is C21H17Cl2NO3. The highest BCUT2D eigenvalue weighted by molar-refractivity contribution is 6.32. The van der Waals surface area contributed by atoms with E-state index in [0.29, 0.717) is 38.2 Å². The lowest BCUT2D eigenvalue weighted by molar-refractivity contribution is 0.102. The first-order chi connectivity index (χ1) is 13.0. The second-order valence-corrected chi connectivity index (χ2v) is 6.69. The number of aliphatic hydroxyl groups excluding tert-OH is 1. The van der Waals surface area contributed by atoms with E-state index < -0.39 is 6.10 Å². The summed E-state index contributed by atoms with van der Waals surface area (Å²) in [5.74, 6) is 0.128. The fraction of sp³-hybridized carbons (Fsp3) is 0.0952. The molecule has 0 aliphatic rings. The first-order valence-corrected chi connectivity index (χ1v) is 8.92. The smallest absolute Gasteiger partial charge is 0.255 e. The number of carbonyl (C=O) groups excluding carboxylic acids is 1. The summed E-state index contributed by atoms with van der Waals surface area (Å²) >= 11 is 12.2. The quantitative estimate of drug-likeness (QED) is 0.606. The van der Waals surface area contributed by atoms with Crippen molar-refractivity contribution in [3.05, 3.63) is 93.5 Å². The third-order valence-corrected chi connectivity index (χ3v) is 4.62. The normalized spacial score (nSPS) is 11.7. The Hall–Kier alpha value is -2.53. The molecule has 6 heteroatoms. The van der Waals surface area contributed by atoms with E-state index in [9.17, 15) is 9.90 Å². The maximum absolute atomic E-state index is 12.6. The summed E-state index contributed by atoms with van der Waals surface area (Å²) in [5.41, 5.74) is 2.04. The number of nitrogens with one attached hydrogen (secondary N) is 1. The van der Waals surface area contributed by atoms with E-state index in [1.165, 1.54) is 13.2 Å². The first kappa shape index (κ1) is 19.2. The van der Waals surface area contributed by atoms with Crippen LogP contribution in [0.2, 0.25) is 10.0 Å². The van der Waals surface area contributed by atoms with Gasteiger partial charge in [0, 0.05) is 21.8 Å². The van der Waals surface area contributed by atoms with Gasteiger partial charge < -0.3 is 15.2 Å². The molecule has 0 saturated heterocycles. The second kappa shape index (κ2) is 8.44. The number of anilines is 1. The molecule has 0 heterocycles. The van der Waals surface area contributed by atoms with Gasteiger partial charge in [-0.1, -0.05) is 53.5 Å². The van der Waals surface area contributed by atoms with Crippen molar-refractivity contribution >= 4 is 34.8 Å². The number of methoxy groups -OCH3 is 1. The maximum Gasteiger partial charge on any atom is 0.255 e. The van der Waals surface area contributed by atoms with Crippen LogP contribution in [0.5, 0.6) is 5.75 Å². The van der Waals surface area contributed by atoms with Crippen LogP contribution in [0.25, 0.3) is 0 Å². The summed E-state index contributed by atoms with van der Waals surface area (Å²) < 4.78 is 5.10. The van der Waals surface area contributed by atoms with Crippen LogP contribution in [-0.2, 0) is 0 Å². The molecule has 1 atom stereocenters. The molecule has 27 heavy (non-hydrogen) atoms. The number of amides is 1. The van der Waals surface area contributed by atoms with Gasteiger partial charge in [0.1, 0.15) is 11.9 Å². The molecule has 0 aliphatic carbocycles. The van der Waals surface area contributed by atoms with E-state index in [1.807, 2.05) is 18.2 Å². The number of hydrogen-bond acceptors (Lipinski definition) is 3. The number of aliphatic hydroxyl groups is 1. The standard InChI is InChI=1S/C21H17Cl2NO3/c1-27-19-10-7-14(11-17(19)23)21(26)24-18-9-8-15(22)12-16(18)20(25)13-5-3-2-4-6-13/h2-12,20,25H,1H3,(H,24,26)/t20-/m0/s1. The van der Waals surface area contributed by atoms with Gasteiger partial charge in [0.2, 0.25) is 0 Å². The van der Waals surface area contributed by atoms with Crippen molar-refractivity contribution in [2.75, 3.05) is 12.4 Å². The van der Waals surface area contributed by atoms with Gasteiger partial charge in [-0.3, -0.25) is 4.79 Å². The largest absolute Gasteiger partial charge is 0.495 e. The van der Waals surface area contributed by atoms with Crippen molar-refractivity contribution in [2.24, 2.45) is 0 Å². The molecule has 0 radical (unpaired) electrons. The number of benzene rings is 3.